The van der Waals surface area contributed by atoms with E-state index in [0.717, 1.165) is 23.9 Å². The number of carbonyl (C=O) groups is 1. The molecule has 1 N–H and O–H groups in total. The van der Waals surface area contributed by atoms with Crippen molar-refractivity contribution in [2.75, 3.05) is 12.4 Å². The van der Waals surface area contributed by atoms with Crippen LogP contribution < -0.4 is 15.8 Å². The van der Waals surface area contributed by atoms with Gasteiger partial charge in [-0.3, -0.25) is 9.36 Å². The first-order valence-corrected chi connectivity index (χ1v) is 6.22. The molecule has 0 aliphatic carbocycles. The summed E-state index contributed by atoms with van der Waals surface area (Å²) in [6.45, 7) is 2.17. The Balaban J connectivity index is 2.33. The summed E-state index contributed by atoms with van der Waals surface area (Å²) in [5.74, 6) is -0.131. The molecule has 0 atom stereocenters. The molecule has 1 amide bonds. The largest absolute Gasteiger partial charge is 0.412 e. The highest BCUT2D eigenvalue weighted by Gasteiger charge is 2.21. The van der Waals surface area contributed by atoms with Crippen molar-refractivity contribution >= 4 is 22.6 Å². The maximum absolute atomic E-state index is 12.2. The minimum Gasteiger partial charge on any atom is -0.412 e. The predicted octanol–water partition coefficient (Wildman–Crippen LogP) is 0.766. The van der Waals surface area contributed by atoms with E-state index in [2.05, 4.69) is 5.32 Å². The van der Waals surface area contributed by atoms with Gasteiger partial charge in [0.15, 0.2) is 0 Å². The molecular formula is C13H15N3O3. The van der Waals surface area contributed by atoms with E-state index in [1.54, 1.807) is 10.6 Å². The van der Waals surface area contributed by atoms with Crippen molar-refractivity contribution in [1.29, 1.82) is 0 Å². The van der Waals surface area contributed by atoms with E-state index in [-0.39, 0.29) is 11.6 Å². The van der Waals surface area contributed by atoms with Gasteiger partial charge < -0.3 is 10.2 Å². The lowest BCUT2D eigenvalue weighted by Gasteiger charge is -2.15. The number of benzene rings is 1. The average molecular weight is 261 g/mol. The molecule has 2 aromatic rings. The van der Waals surface area contributed by atoms with Crippen LogP contribution in [0.15, 0.2) is 16.9 Å². The monoisotopic (exact) mass is 261 g/mol. The van der Waals surface area contributed by atoms with E-state index in [0.29, 0.717) is 17.7 Å². The van der Waals surface area contributed by atoms with Crippen LogP contribution in [0, 0.1) is 0 Å². The second-order valence-electron chi connectivity index (χ2n) is 4.70. The Hall–Kier alpha value is -2.24. The number of imidazole rings is 1. The standard InChI is InChI=1S/C13H15N3O3/c1-8(17)14-10-6-9-4-3-5-15-12(9)11(7-10)16(19-2)13(15)18/h6-7H,3-5H2,1-2H3,(H,14,17). The molecule has 0 fully saturated rings. The fraction of sp³-hybridized carbons (Fsp3) is 0.385. The Labute approximate surface area is 109 Å². The molecule has 19 heavy (non-hydrogen) atoms. The van der Waals surface area contributed by atoms with Crippen LogP contribution in [-0.4, -0.2) is 22.3 Å². The van der Waals surface area contributed by atoms with E-state index in [1.807, 2.05) is 6.07 Å². The molecule has 100 valence electrons. The van der Waals surface area contributed by atoms with Crippen LogP contribution in [0.1, 0.15) is 18.9 Å². The van der Waals surface area contributed by atoms with Crippen LogP contribution in [0.25, 0.3) is 11.0 Å². The first kappa shape index (κ1) is 11.8. The average Bonchev–Trinajstić information content (AvgIpc) is 2.63. The van der Waals surface area contributed by atoms with Crippen molar-refractivity contribution in [3.8, 4) is 0 Å². The zero-order valence-corrected chi connectivity index (χ0v) is 10.9. The van der Waals surface area contributed by atoms with Gasteiger partial charge in [0.1, 0.15) is 12.6 Å². The number of rotatable bonds is 2. The zero-order valence-electron chi connectivity index (χ0n) is 10.9. The smallest absolute Gasteiger partial charge is 0.362 e. The summed E-state index contributed by atoms with van der Waals surface area (Å²) in [6, 6.07) is 3.70. The highest BCUT2D eigenvalue weighted by molar-refractivity contribution is 5.92. The third-order valence-electron chi connectivity index (χ3n) is 3.39. The number of nitrogens with one attached hydrogen (secondary N) is 1. The molecule has 1 aromatic carbocycles. The maximum atomic E-state index is 12.2. The lowest BCUT2D eigenvalue weighted by Crippen LogP contribution is -2.28. The minimum absolute atomic E-state index is 0.131. The van der Waals surface area contributed by atoms with Crippen molar-refractivity contribution in [2.24, 2.45) is 0 Å². The molecule has 1 aromatic heterocycles. The number of nitrogens with zero attached hydrogens (tertiary/aromatic N) is 2. The van der Waals surface area contributed by atoms with Crippen LogP contribution in [-0.2, 0) is 17.8 Å². The molecule has 1 aliphatic heterocycles. The second kappa shape index (κ2) is 4.15. The quantitative estimate of drug-likeness (QED) is 0.868. The molecular weight excluding hydrogens is 246 g/mol. The highest BCUT2D eigenvalue weighted by Crippen LogP contribution is 2.27. The molecule has 0 radical (unpaired) electrons. The van der Waals surface area contributed by atoms with Crippen LogP contribution in [0.5, 0.6) is 0 Å². The van der Waals surface area contributed by atoms with Gasteiger partial charge in [-0.15, -0.1) is 4.73 Å². The van der Waals surface area contributed by atoms with Crippen LogP contribution >= 0.6 is 0 Å². The second-order valence-corrected chi connectivity index (χ2v) is 4.70. The van der Waals surface area contributed by atoms with Gasteiger partial charge in [0.25, 0.3) is 0 Å². The highest BCUT2D eigenvalue weighted by atomic mass is 16.7. The molecule has 0 saturated carbocycles. The summed E-state index contributed by atoms with van der Waals surface area (Å²) in [5.41, 5.74) is 3.21. The van der Waals surface area contributed by atoms with Crippen molar-refractivity contribution in [2.45, 2.75) is 26.3 Å². The minimum atomic E-state index is -0.168. The van der Waals surface area contributed by atoms with E-state index in [9.17, 15) is 9.59 Å². The van der Waals surface area contributed by atoms with E-state index in [1.165, 1.54) is 18.8 Å². The van der Waals surface area contributed by atoms with Crippen LogP contribution in [0.3, 0.4) is 0 Å². The summed E-state index contributed by atoms with van der Waals surface area (Å²) in [6.07, 6.45) is 1.82. The summed E-state index contributed by atoms with van der Waals surface area (Å²) in [4.78, 5) is 28.5. The molecule has 2 heterocycles. The zero-order chi connectivity index (χ0) is 13.6. The lowest BCUT2D eigenvalue weighted by molar-refractivity contribution is -0.114. The summed E-state index contributed by atoms with van der Waals surface area (Å²) < 4.78 is 3.00. The van der Waals surface area contributed by atoms with Crippen LogP contribution in [0.4, 0.5) is 5.69 Å². The Morgan fingerprint density at radius 1 is 1.42 bits per heavy atom. The normalized spacial score (nSPS) is 13.6. The molecule has 0 spiro atoms. The SMILES string of the molecule is COn1c(=O)n2c3c(cc(NC(C)=O)cc31)CCC2. The number of aryl methyl sites for hydroxylation is 2. The molecule has 1 aliphatic rings. The van der Waals surface area contributed by atoms with Gasteiger partial charge in [0, 0.05) is 19.2 Å². The number of amides is 1. The first-order chi connectivity index (χ1) is 9.11. The maximum Gasteiger partial charge on any atom is 0.362 e. The van der Waals surface area contributed by atoms with Crippen molar-refractivity contribution in [3.63, 3.8) is 0 Å². The third-order valence-corrected chi connectivity index (χ3v) is 3.39. The third kappa shape index (κ3) is 1.71. The van der Waals surface area contributed by atoms with Gasteiger partial charge in [-0.25, -0.2) is 4.79 Å². The van der Waals surface area contributed by atoms with Gasteiger partial charge in [0.05, 0.1) is 5.52 Å². The van der Waals surface area contributed by atoms with E-state index < -0.39 is 0 Å². The fourth-order valence-corrected chi connectivity index (χ4v) is 2.73. The van der Waals surface area contributed by atoms with Gasteiger partial charge in [-0.2, -0.15) is 0 Å². The Morgan fingerprint density at radius 3 is 2.89 bits per heavy atom. The first-order valence-electron chi connectivity index (χ1n) is 6.22. The van der Waals surface area contributed by atoms with Crippen molar-refractivity contribution in [3.05, 3.63) is 28.2 Å². The number of carbonyl (C=O) groups excluding carboxylic acids is 1. The lowest BCUT2D eigenvalue weighted by atomic mass is 10.0. The van der Waals surface area contributed by atoms with E-state index in [4.69, 9.17) is 4.84 Å². The molecule has 3 rings (SSSR count). The Morgan fingerprint density at radius 2 is 2.21 bits per heavy atom. The van der Waals surface area contributed by atoms with Gasteiger partial charge >= 0.3 is 5.69 Å². The number of anilines is 1. The molecule has 0 unspecified atom stereocenters. The van der Waals surface area contributed by atoms with Crippen molar-refractivity contribution in [1.82, 2.24) is 9.30 Å². The summed E-state index contributed by atoms with van der Waals surface area (Å²) in [7, 11) is 1.47. The molecule has 0 saturated heterocycles. The number of hydrogen-bond donors (Lipinski definition) is 1. The number of aromatic nitrogens is 2. The molecule has 6 nitrogen and oxygen atoms in total. The topological polar surface area (TPSA) is 65.3 Å². The van der Waals surface area contributed by atoms with Crippen molar-refractivity contribution < 1.29 is 9.63 Å². The van der Waals surface area contributed by atoms with Crippen LogP contribution in [0.2, 0.25) is 0 Å². The fourth-order valence-electron chi connectivity index (χ4n) is 2.73. The Kier molecular flexibility index (Phi) is 2.58. The predicted molar refractivity (Wildman–Crippen MR) is 71.3 cm³/mol. The van der Waals surface area contributed by atoms with Gasteiger partial charge in [0.2, 0.25) is 5.91 Å². The van der Waals surface area contributed by atoms with E-state index >= 15 is 0 Å². The summed E-state index contributed by atoms with van der Waals surface area (Å²) >= 11 is 0. The molecule has 6 heteroatoms. The van der Waals surface area contributed by atoms with Gasteiger partial charge in [-0.1, -0.05) is 0 Å². The number of hydrogen-bond acceptors (Lipinski definition) is 3. The molecule has 0 bridgehead atoms. The summed E-state index contributed by atoms with van der Waals surface area (Å²) in [5, 5.41) is 2.76. The van der Waals surface area contributed by atoms with Gasteiger partial charge in [-0.05, 0) is 30.5 Å². The Bertz CT molecular complexity index is 727.